The highest BCUT2D eigenvalue weighted by molar-refractivity contribution is 5.81. The van der Waals surface area contributed by atoms with Crippen molar-refractivity contribution in [1.29, 1.82) is 0 Å². The number of carbonyl (C=O) groups is 1. The van der Waals surface area contributed by atoms with E-state index in [-0.39, 0.29) is 11.9 Å². The lowest BCUT2D eigenvalue weighted by Gasteiger charge is -2.26. The summed E-state index contributed by atoms with van der Waals surface area (Å²) in [5.74, 6) is 2.86. The summed E-state index contributed by atoms with van der Waals surface area (Å²) in [4.78, 5) is 23.2. The van der Waals surface area contributed by atoms with Crippen LogP contribution in [0.5, 0.6) is 0 Å². The van der Waals surface area contributed by atoms with Crippen molar-refractivity contribution < 1.29 is 4.79 Å². The van der Waals surface area contributed by atoms with Gasteiger partial charge in [0, 0.05) is 47.3 Å². The maximum atomic E-state index is 12.3. The maximum absolute atomic E-state index is 12.3. The molecule has 6 heteroatoms. The minimum atomic E-state index is 0.0830. The number of aliphatic imine (C=N–C) groups is 1. The van der Waals surface area contributed by atoms with E-state index in [0.29, 0.717) is 0 Å². The lowest BCUT2D eigenvalue weighted by Crippen LogP contribution is -2.44. The molecule has 2 aliphatic rings. The number of likely N-dealkylation sites (tertiary alicyclic amines) is 2. The Morgan fingerprint density at radius 1 is 1.27 bits per heavy atom. The third-order valence-corrected chi connectivity index (χ3v) is 5.60. The fraction of sp³-hybridized carbons (Fsp3) is 0.900. The summed E-state index contributed by atoms with van der Waals surface area (Å²) in [7, 11) is 5.59. The van der Waals surface area contributed by atoms with Gasteiger partial charge < -0.3 is 15.1 Å². The van der Waals surface area contributed by atoms with Gasteiger partial charge in [-0.1, -0.05) is 13.8 Å². The van der Waals surface area contributed by atoms with Crippen LogP contribution in [0.25, 0.3) is 0 Å². The summed E-state index contributed by atoms with van der Waals surface area (Å²) in [6.45, 7) is 9.79. The number of nitrogens with one attached hydrogen (secondary N) is 1. The van der Waals surface area contributed by atoms with E-state index in [1.807, 2.05) is 21.1 Å². The molecule has 2 atom stereocenters. The Bertz CT molecular complexity index is 477. The molecular weight excluding hydrogens is 326 g/mol. The average molecular weight is 366 g/mol. The Morgan fingerprint density at radius 2 is 2.04 bits per heavy atom. The minimum absolute atomic E-state index is 0.0830. The normalized spacial score (nSPS) is 24.5. The molecule has 2 rings (SSSR count). The van der Waals surface area contributed by atoms with E-state index < -0.39 is 0 Å². The van der Waals surface area contributed by atoms with Crippen LogP contribution in [-0.4, -0.2) is 86.5 Å². The largest absolute Gasteiger partial charge is 0.356 e. The number of carbonyl (C=O) groups excluding carboxylic acids is 1. The Balaban J connectivity index is 1.70. The van der Waals surface area contributed by atoms with E-state index in [1.165, 1.54) is 12.8 Å². The maximum Gasteiger partial charge on any atom is 0.239 e. The van der Waals surface area contributed by atoms with E-state index >= 15 is 0 Å². The molecule has 0 aliphatic carbocycles. The number of guanidine groups is 1. The van der Waals surface area contributed by atoms with Crippen molar-refractivity contribution in [2.24, 2.45) is 16.8 Å². The fourth-order valence-corrected chi connectivity index (χ4v) is 4.37. The van der Waals surface area contributed by atoms with E-state index in [0.717, 1.165) is 69.8 Å². The van der Waals surface area contributed by atoms with Gasteiger partial charge in [-0.3, -0.25) is 14.7 Å². The lowest BCUT2D eigenvalue weighted by molar-refractivity contribution is -0.133. The molecular formula is C20H39N5O. The van der Waals surface area contributed by atoms with E-state index in [4.69, 9.17) is 0 Å². The zero-order chi connectivity index (χ0) is 19.1. The van der Waals surface area contributed by atoms with Crippen LogP contribution in [0.3, 0.4) is 0 Å². The van der Waals surface area contributed by atoms with Crippen LogP contribution >= 0.6 is 0 Å². The zero-order valence-electron chi connectivity index (χ0n) is 17.5. The van der Waals surface area contributed by atoms with Crippen molar-refractivity contribution >= 4 is 11.9 Å². The first-order valence-electron chi connectivity index (χ1n) is 10.3. The van der Waals surface area contributed by atoms with Crippen molar-refractivity contribution in [2.45, 2.75) is 52.0 Å². The number of hydrogen-bond donors (Lipinski definition) is 1. The molecule has 0 aromatic carbocycles. The first-order chi connectivity index (χ1) is 12.4. The summed E-state index contributed by atoms with van der Waals surface area (Å²) >= 11 is 0. The van der Waals surface area contributed by atoms with Crippen LogP contribution in [0.2, 0.25) is 0 Å². The number of hydrogen-bond acceptors (Lipinski definition) is 3. The first-order valence-corrected chi connectivity index (χ1v) is 10.3. The van der Waals surface area contributed by atoms with Crippen LogP contribution in [0, 0.1) is 11.8 Å². The van der Waals surface area contributed by atoms with Gasteiger partial charge in [0.1, 0.15) is 0 Å². The van der Waals surface area contributed by atoms with E-state index in [1.54, 1.807) is 4.90 Å². The van der Waals surface area contributed by atoms with Gasteiger partial charge in [-0.05, 0) is 50.5 Å². The number of amides is 1. The standard InChI is InChI=1S/C20H39N5O/c1-16(2)14-17-9-13-25(15-17)20(21-3)22-10-7-12-24-11-6-8-18(24)19(26)23(4)5/h16-18H,6-15H2,1-5H3,(H,21,22). The van der Waals surface area contributed by atoms with Gasteiger partial charge in [0.25, 0.3) is 0 Å². The molecule has 1 N–H and O–H groups in total. The second-order valence-corrected chi connectivity index (χ2v) is 8.48. The SMILES string of the molecule is CN=C(NCCCN1CCCC1C(=O)N(C)C)N1CCC(CC(C)C)C1. The lowest BCUT2D eigenvalue weighted by atomic mass is 9.97. The number of rotatable bonds is 7. The molecule has 2 fully saturated rings. The van der Waals surface area contributed by atoms with Gasteiger partial charge in [0.05, 0.1) is 6.04 Å². The van der Waals surface area contributed by atoms with Crippen LogP contribution in [-0.2, 0) is 4.79 Å². The molecule has 2 unspecified atom stereocenters. The molecule has 0 aromatic heterocycles. The number of likely N-dealkylation sites (N-methyl/N-ethyl adjacent to an activating group) is 1. The topological polar surface area (TPSA) is 51.2 Å². The summed E-state index contributed by atoms with van der Waals surface area (Å²) < 4.78 is 0. The molecule has 0 saturated carbocycles. The second kappa shape index (κ2) is 10.1. The molecule has 26 heavy (non-hydrogen) atoms. The third-order valence-electron chi connectivity index (χ3n) is 5.60. The predicted molar refractivity (Wildman–Crippen MR) is 108 cm³/mol. The van der Waals surface area contributed by atoms with Gasteiger partial charge in [0.15, 0.2) is 5.96 Å². The molecule has 2 saturated heterocycles. The van der Waals surface area contributed by atoms with Gasteiger partial charge in [-0.15, -0.1) is 0 Å². The van der Waals surface area contributed by atoms with Crippen molar-refractivity contribution in [1.82, 2.24) is 20.0 Å². The van der Waals surface area contributed by atoms with E-state index in [2.05, 4.69) is 34.0 Å². The monoisotopic (exact) mass is 365 g/mol. The first kappa shape index (κ1) is 21.0. The molecule has 2 aliphatic heterocycles. The van der Waals surface area contributed by atoms with Gasteiger partial charge in [-0.25, -0.2) is 0 Å². The Labute approximate surface area is 160 Å². The van der Waals surface area contributed by atoms with Crippen molar-refractivity contribution in [3.63, 3.8) is 0 Å². The molecule has 150 valence electrons. The fourth-order valence-electron chi connectivity index (χ4n) is 4.37. The van der Waals surface area contributed by atoms with E-state index in [9.17, 15) is 4.79 Å². The van der Waals surface area contributed by atoms with Gasteiger partial charge in [0.2, 0.25) is 5.91 Å². The Morgan fingerprint density at radius 3 is 2.69 bits per heavy atom. The second-order valence-electron chi connectivity index (χ2n) is 8.48. The zero-order valence-corrected chi connectivity index (χ0v) is 17.5. The molecule has 0 spiro atoms. The molecule has 0 radical (unpaired) electrons. The number of nitrogens with zero attached hydrogens (tertiary/aromatic N) is 4. The molecule has 6 nitrogen and oxygen atoms in total. The third kappa shape index (κ3) is 5.86. The van der Waals surface area contributed by atoms with Gasteiger partial charge in [-0.2, -0.15) is 0 Å². The smallest absolute Gasteiger partial charge is 0.239 e. The summed E-state index contributed by atoms with van der Waals surface area (Å²) in [6, 6.07) is 0.0830. The molecule has 0 bridgehead atoms. The van der Waals surface area contributed by atoms with Crippen molar-refractivity contribution in [3.8, 4) is 0 Å². The molecule has 1 amide bonds. The summed E-state index contributed by atoms with van der Waals surface area (Å²) in [5, 5.41) is 3.53. The highest BCUT2D eigenvalue weighted by atomic mass is 16.2. The van der Waals surface area contributed by atoms with Crippen molar-refractivity contribution in [2.75, 3.05) is 53.9 Å². The highest BCUT2D eigenvalue weighted by Gasteiger charge is 2.31. The quantitative estimate of drug-likeness (QED) is 0.425. The van der Waals surface area contributed by atoms with Crippen LogP contribution in [0.15, 0.2) is 4.99 Å². The summed E-state index contributed by atoms with van der Waals surface area (Å²) in [6.07, 6.45) is 5.76. The predicted octanol–water partition coefficient (Wildman–Crippen LogP) is 1.87. The molecule has 0 aromatic rings. The Hall–Kier alpha value is -1.30. The van der Waals surface area contributed by atoms with Crippen LogP contribution < -0.4 is 5.32 Å². The van der Waals surface area contributed by atoms with Crippen LogP contribution in [0.1, 0.15) is 46.0 Å². The molecule has 2 heterocycles. The van der Waals surface area contributed by atoms with Crippen molar-refractivity contribution in [3.05, 3.63) is 0 Å². The minimum Gasteiger partial charge on any atom is -0.356 e. The summed E-state index contributed by atoms with van der Waals surface area (Å²) in [5.41, 5.74) is 0. The average Bonchev–Trinajstić information content (AvgIpc) is 3.23. The van der Waals surface area contributed by atoms with Gasteiger partial charge >= 0.3 is 0 Å². The Kier molecular flexibility index (Phi) is 8.19. The highest BCUT2D eigenvalue weighted by Crippen LogP contribution is 2.23. The van der Waals surface area contributed by atoms with Crippen LogP contribution in [0.4, 0.5) is 0 Å².